The lowest BCUT2D eigenvalue weighted by atomic mass is 9.94. The van der Waals surface area contributed by atoms with Crippen molar-refractivity contribution in [2.24, 2.45) is 11.8 Å². The molecule has 0 radical (unpaired) electrons. The van der Waals surface area contributed by atoms with Gasteiger partial charge in [-0.05, 0) is 71.6 Å². The van der Waals surface area contributed by atoms with Gasteiger partial charge in [0, 0.05) is 18.9 Å². The van der Waals surface area contributed by atoms with Gasteiger partial charge in [-0.25, -0.2) is 4.79 Å². The van der Waals surface area contributed by atoms with Crippen molar-refractivity contribution in [3.8, 4) is 0 Å². The molecular formula is C34H52O6. The molecular weight excluding hydrogens is 504 g/mol. The molecule has 5 atom stereocenters. The Kier molecular flexibility index (Phi) is 17.1. The van der Waals surface area contributed by atoms with Crippen LogP contribution >= 0.6 is 0 Å². The zero-order valence-electron chi connectivity index (χ0n) is 25.6. The summed E-state index contributed by atoms with van der Waals surface area (Å²) in [6.07, 6.45) is 19.7. The molecule has 0 saturated heterocycles. The van der Waals surface area contributed by atoms with Crippen molar-refractivity contribution in [2.45, 2.75) is 118 Å². The summed E-state index contributed by atoms with van der Waals surface area (Å²) >= 11 is 0. The maximum absolute atomic E-state index is 12.6. The topological polar surface area (TPSA) is 93.1 Å². The van der Waals surface area contributed by atoms with E-state index in [1.807, 2.05) is 51.2 Å². The van der Waals surface area contributed by atoms with Crippen molar-refractivity contribution in [1.29, 1.82) is 0 Å². The molecule has 0 unspecified atom stereocenters. The maximum atomic E-state index is 12.6. The number of hydrogen-bond donors (Lipinski definition) is 2. The van der Waals surface area contributed by atoms with Crippen LogP contribution in [-0.2, 0) is 19.1 Å². The second kappa shape index (κ2) is 19.4. The van der Waals surface area contributed by atoms with Gasteiger partial charge in [0.2, 0.25) is 0 Å². The fourth-order valence-corrected chi connectivity index (χ4v) is 4.36. The van der Waals surface area contributed by atoms with E-state index in [1.54, 1.807) is 13.0 Å². The standard InChI is InChI=1S/C34H52O6/c1-24(2)31-15-9-8-14-28(6)32(16-11-17-33(37)39-31)40-34(38)21-19-27(5)22-26(4)13-10-12-25(3)18-20-30(36)23-29(7)35/h8-10,12-13,18-19,21-22,24,28-32,35-36H,11,14-17,20,23H2,1-7H3/b9-8+,12-10+,21-19+,25-18+,26-13+,27-22+/t28-,29-,30+,31+,32-/m0/s1. The predicted octanol–water partition coefficient (Wildman–Crippen LogP) is 7.10. The van der Waals surface area contributed by atoms with Crippen molar-refractivity contribution >= 4 is 11.9 Å². The summed E-state index contributed by atoms with van der Waals surface area (Å²) in [6.45, 7) is 13.8. The van der Waals surface area contributed by atoms with Crippen LogP contribution < -0.4 is 0 Å². The number of cyclic esters (lactones) is 1. The maximum Gasteiger partial charge on any atom is 0.331 e. The molecule has 0 aliphatic carbocycles. The number of rotatable bonds is 11. The van der Waals surface area contributed by atoms with E-state index in [1.165, 1.54) is 6.08 Å². The van der Waals surface area contributed by atoms with Crippen LogP contribution in [0.15, 0.2) is 71.4 Å². The first-order valence-corrected chi connectivity index (χ1v) is 14.7. The lowest BCUT2D eigenvalue weighted by molar-refractivity contribution is -0.151. The molecule has 1 rings (SSSR count). The van der Waals surface area contributed by atoms with Crippen LogP contribution in [0.1, 0.15) is 93.4 Å². The Labute approximate surface area is 242 Å². The molecule has 0 fully saturated rings. The van der Waals surface area contributed by atoms with Gasteiger partial charge in [-0.1, -0.05) is 86.1 Å². The van der Waals surface area contributed by atoms with Crippen LogP contribution in [0.2, 0.25) is 0 Å². The Bertz CT molecular complexity index is 963. The quantitative estimate of drug-likeness (QED) is 0.122. The van der Waals surface area contributed by atoms with E-state index >= 15 is 0 Å². The van der Waals surface area contributed by atoms with Gasteiger partial charge in [0.05, 0.1) is 12.2 Å². The first-order valence-electron chi connectivity index (χ1n) is 14.7. The van der Waals surface area contributed by atoms with Crippen LogP contribution in [0.4, 0.5) is 0 Å². The van der Waals surface area contributed by atoms with E-state index in [9.17, 15) is 19.8 Å². The summed E-state index contributed by atoms with van der Waals surface area (Å²) in [5.41, 5.74) is 2.98. The molecule has 224 valence electrons. The van der Waals surface area contributed by atoms with E-state index in [0.29, 0.717) is 38.5 Å². The molecule has 0 aromatic heterocycles. The zero-order chi connectivity index (χ0) is 30.1. The number of carbonyl (C=O) groups is 2. The second-order valence-electron chi connectivity index (χ2n) is 11.5. The molecule has 0 aromatic carbocycles. The highest BCUT2D eigenvalue weighted by atomic mass is 16.5. The molecule has 2 N–H and O–H groups in total. The fourth-order valence-electron chi connectivity index (χ4n) is 4.36. The normalized spacial score (nSPS) is 24.9. The minimum atomic E-state index is -0.545. The van der Waals surface area contributed by atoms with E-state index in [4.69, 9.17) is 9.47 Å². The second-order valence-corrected chi connectivity index (χ2v) is 11.5. The highest BCUT2D eigenvalue weighted by Crippen LogP contribution is 2.22. The van der Waals surface area contributed by atoms with Crippen LogP contribution in [0.3, 0.4) is 0 Å². The average Bonchev–Trinajstić information content (AvgIpc) is 2.86. The first-order chi connectivity index (χ1) is 18.9. The molecule has 0 saturated carbocycles. The molecule has 0 amide bonds. The number of esters is 2. The molecule has 40 heavy (non-hydrogen) atoms. The molecule has 1 heterocycles. The van der Waals surface area contributed by atoms with E-state index < -0.39 is 12.2 Å². The highest BCUT2D eigenvalue weighted by Gasteiger charge is 2.23. The summed E-state index contributed by atoms with van der Waals surface area (Å²) in [7, 11) is 0. The molecule has 1 aliphatic heterocycles. The number of aliphatic hydroxyl groups excluding tert-OH is 2. The van der Waals surface area contributed by atoms with Crippen LogP contribution in [0.5, 0.6) is 0 Å². The lowest BCUT2D eigenvalue weighted by Crippen LogP contribution is -2.26. The molecule has 6 nitrogen and oxygen atoms in total. The smallest absolute Gasteiger partial charge is 0.331 e. The van der Waals surface area contributed by atoms with Crippen LogP contribution in [0.25, 0.3) is 0 Å². The van der Waals surface area contributed by atoms with Gasteiger partial charge in [0.1, 0.15) is 12.2 Å². The molecule has 0 aromatic rings. The third kappa shape index (κ3) is 16.4. The van der Waals surface area contributed by atoms with E-state index in [2.05, 4.69) is 32.9 Å². The van der Waals surface area contributed by atoms with Crippen LogP contribution in [0, 0.1) is 11.8 Å². The van der Waals surface area contributed by atoms with Crippen molar-refractivity contribution in [1.82, 2.24) is 0 Å². The van der Waals surface area contributed by atoms with Gasteiger partial charge >= 0.3 is 11.9 Å². The van der Waals surface area contributed by atoms with Crippen LogP contribution in [-0.4, -0.2) is 46.6 Å². The van der Waals surface area contributed by atoms with Gasteiger partial charge in [-0.3, -0.25) is 4.79 Å². The van der Waals surface area contributed by atoms with Gasteiger partial charge in [0.15, 0.2) is 0 Å². The number of ether oxygens (including phenoxy) is 2. The Balaban J connectivity index is 2.69. The van der Waals surface area contributed by atoms with Gasteiger partial charge in [-0.15, -0.1) is 0 Å². The SMILES string of the molecule is CC(=C\C=C\C(C)=C\C[C@@H](O)C[C@H](C)O)/C=C(C)/C=C/C(=O)O[C@H]1CCCC(=O)O[C@@H](C(C)C)C/C=C/C[C@@H]1C. The minimum absolute atomic E-state index is 0.101. The zero-order valence-corrected chi connectivity index (χ0v) is 25.6. The largest absolute Gasteiger partial charge is 0.462 e. The van der Waals surface area contributed by atoms with E-state index in [-0.39, 0.29) is 36.0 Å². The predicted molar refractivity (Wildman–Crippen MR) is 162 cm³/mol. The fraction of sp³-hybridized carbons (Fsp3) is 0.588. The Morgan fingerprint density at radius 3 is 2.42 bits per heavy atom. The van der Waals surface area contributed by atoms with E-state index in [0.717, 1.165) is 23.1 Å². The summed E-state index contributed by atoms with van der Waals surface area (Å²) < 4.78 is 11.5. The molecule has 0 spiro atoms. The number of hydrogen-bond acceptors (Lipinski definition) is 6. The highest BCUT2D eigenvalue weighted by molar-refractivity contribution is 5.82. The number of carbonyl (C=O) groups excluding carboxylic acids is 2. The van der Waals surface area contributed by atoms with Crippen molar-refractivity contribution < 1.29 is 29.3 Å². The first kappa shape index (κ1) is 35.3. The molecule has 1 aliphatic rings. The number of aliphatic hydroxyl groups is 2. The van der Waals surface area contributed by atoms with Gasteiger partial charge in [0.25, 0.3) is 0 Å². The molecule has 0 bridgehead atoms. The Morgan fingerprint density at radius 2 is 1.75 bits per heavy atom. The summed E-state index contributed by atoms with van der Waals surface area (Å²) in [5, 5.41) is 19.2. The minimum Gasteiger partial charge on any atom is -0.462 e. The van der Waals surface area contributed by atoms with Gasteiger partial charge in [-0.2, -0.15) is 0 Å². The third-order valence-corrected chi connectivity index (χ3v) is 6.82. The van der Waals surface area contributed by atoms with Gasteiger partial charge < -0.3 is 19.7 Å². The van der Waals surface area contributed by atoms with Crippen molar-refractivity contribution in [2.75, 3.05) is 0 Å². The summed E-state index contributed by atoms with van der Waals surface area (Å²) in [6, 6.07) is 0. The Morgan fingerprint density at radius 1 is 1.05 bits per heavy atom. The monoisotopic (exact) mass is 556 g/mol. The molecule has 6 heteroatoms. The Hall–Kier alpha value is -2.70. The number of allylic oxidation sites excluding steroid dienone is 9. The average molecular weight is 557 g/mol. The van der Waals surface area contributed by atoms with Crippen molar-refractivity contribution in [3.05, 3.63) is 71.4 Å². The lowest BCUT2D eigenvalue weighted by Gasteiger charge is -2.24. The summed E-state index contributed by atoms with van der Waals surface area (Å²) in [5.74, 6) is -0.165. The van der Waals surface area contributed by atoms with Crippen molar-refractivity contribution in [3.63, 3.8) is 0 Å². The third-order valence-electron chi connectivity index (χ3n) is 6.82. The summed E-state index contributed by atoms with van der Waals surface area (Å²) in [4.78, 5) is 24.9.